The first kappa shape index (κ1) is 15.5. The van der Waals surface area contributed by atoms with E-state index in [1.165, 1.54) is 36.4 Å². The molecule has 0 fully saturated rings. The number of anilines is 1. The van der Waals surface area contributed by atoms with Crippen LogP contribution in [0.3, 0.4) is 0 Å². The van der Waals surface area contributed by atoms with E-state index < -0.39 is 27.4 Å². The van der Waals surface area contributed by atoms with Crippen molar-refractivity contribution in [1.29, 1.82) is 0 Å². The van der Waals surface area contributed by atoms with Crippen LogP contribution in [-0.2, 0) is 10.0 Å². The van der Waals surface area contributed by atoms with E-state index in [2.05, 4.69) is 4.72 Å². The molecule has 0 atom stereocenters. The summed E-state index contributed by atoms with van der Waals surface area (Å²) in [6.07, 6.45) is 0. The van der Waals surface area contributed by atoms with Crippen molar-refractivity contribution >= 4 is 33.1 Å². The van der Waals surface area contributed by atoms with Crippen LogP contribution in [0.15, 0.2) is 48.5 Å². The lowest BCUT2D eigenvalue weighted by atomic mass is 10.1. The Kier molecular flexibility index (Phi) is 4.59. The van der Waals surface area contributed by atoms with Gasteiger partial charge in [0.1, 0.15) is 11.6 Å². The Labute approximate surface area is 126 Å². The van der Waals surface area contributed by atoms with E-state index in [0.29, 0.717) is 10.7 Å². The minimum Gasteiger partial charge on any atom is -0.293 e. The molecule has 4 nitrogen and oxygen atoms in total. The molecule has 0 radical (unpaired) electrons. The lowest BCUT2D eigenvalue weighted by molar-refractivity contribution is 0.102. The van der Waals surface area contributed by atoms with Gasteiger partial charge in [-0.25, -0.2) is 12.8 Å². The fraction of sp³-hybridized carbons (Fsp3) is 0.0714. The van der Waals surface area contributed by atoms with Crippen molar-refractivity contribution in [2.24, 2.45) is 0 Å². The summed E-state index contributed by atoms with van der Waals surface area (Å²) >= 11 is 5.70. The van der Waals surface area contributed by atoms with Crippen molar-refractivity contribution in [3.05, 3.63) is 64.9 Å². The molecule has 0 aliphatic carbocycles. The van der Waals surface area contributed by atoms with Crippen molar-refractivity contribution < 1.29 is 17.6 Å². The quantitative estimate of drug-likeness (QED) is 0.858. The Morgan fingerprint density at radius 2 is 1.62 bits per heavy atom. The van der Waals surface area contributed by atoms with Crippen LogP contribution in [0, 0.1) is 5.82 Å². The molecule has 0 spiro atoms. The second-order valence-corrected chi connectivity index (χ2v) is 6.46. The summed E-state index contributed by atoms with van der Waals surface area (Å²) in [6.45, 7) is 0. The molecule has 110 valence electrons. The molecule has 0 heterocycles. The lowest BCUT2D eigenvalue weighted by Gasteiger charge is -2.07. The Balaban J connectivity index is 2.08. The van der Waals surface area contributed by atoms with Crippen LogP contribution >= 0.6 is 11.6 Å². The number of carbonyl (C=O) groups is 1. The van der Waals surface area contributed by atoms with Crippen molar-refractivity contribution in [3.63, 3.8) is 0 Å². The largest absolute Gasteiger partial charge is 0.293 e. The van der Waals surface area contributed by atoms with E-state index in [4.69, 9.17) is 11.6 Å². The van der Waals surface area contributed by atoms with Gasteiger partial charge in [-0.1, -0.05) is 11.6 Å². The Morgan fingerprint density at radius 1 is 1.05 bits per heavy atom. The number of halogens is 2. The third-order valence-electron chi connectivity index (χ3n) is 2.60. The summed E-state index contributed by atoms with van der Waals surface area (Å²) < 4.78 is 38.8. The minimum atomic E-state index is -3.84. The van der Waals surface area contributed by atoms with E-state index in [9.17, 15) is 17.6 Å². The molecule has 7 heteroatoms. The van der Waals surface area contributed by atoms with Gasteiger partial charge in [0.2, 0.25) is 10.0 Å². The summed E-state index contributed by atoms with van der Waals surface area (Å²) in [6, 6.07) is 10.7. The number of hydrogen-bond acceptors (Lipinski definition) is 3. The Hall–Kier alpha value is -1.92. The predicted molar refractivity (Wildman–Crippen MR) is 79.6 cm³/mol. The molecule has 0 unspecified atom stereocenters. The van der Waals surface area contributed by atoms with Gasteiger partial charge in [-0.15, -0.1) is 0 Å². The molecule has 0 aliphatic rings. The maximum atomic E-state index is 12.8. The molecule has 2 aromatic rings. The summed E-state index contributed by atoms with van der Waals surface area (Å²) in [5.41, 5.74) is 0.448. The number of hydrogen-bond donors (Lipinski definition) is 1. The van der Waals surface area contributed by atoms with Crippen LogP contribution in [0.1, 0.15) is 10.4 Å². The zero-order chi connectivity index (χ0) is 15.5. The van der Waals surface area contributed by atoms with Crippen LogP contribution < -0.4 is 4.72 Å². The van der Waals surface area contributed by atoms with Gasteiger partial charge in [-0.3, -0.25) is 9.52 Å². The highest BCUT2D eigenvalue weighted by Gasteiger charge is 2.18. The lowest BCUT2D eigenvalue weighted by Crippen LogP contribution is -2.22. The molecular weight excluding hydrogens is 317 g/mol. The van der Waals surface area contributed by atoms with E-state index in [-0.39, 0.29) is 5.56 Å². The first-order valence-electron chi connectivity index (χ1n) is 5.90. The topological polar surface area (TPSA) is 63.2 Å². The summed E-state index contributed by atoms with van der Waals surface area (Å²) in [4.78, 5) is 11.9. The minimum absolute atomic E-state index is 0.137. The monoisotopic (exact) mass is 327 g/mol. The first-order chi connectivity index (χ1) is 9.85. The van der Waals surface area contributed by atoms with Crippen LogP contribution in [0.2, 0.25) is 5.02 Å². The summed E-state index contributed by atoms with van der Waals surface area (Å²) in [5, 5.41) is 0.473. The molecule has 0 saturated carbocycles. The van der Waals surface area contributed by atoms with Crippen molar-refractivity contribution in [3.8, 4) is 0 Å². The third-order valence-corrected chi connectivity index (χ3v) is 4.05. The third kappa shape index (κ3) is 4.54. The SMILES string of the molecule is O=C(CS(=O)(=O)Nc1ccc(Cl)cc1)c1ccc(F)cc1. The smallest absolute Gasteiger partial charge is 0.240 e. The van der Waals surface area contributed by atoms with Crippen molar-refractivity contribution in [2.75, 3.05) is 10.5 Å². The van der Waals surface area contributed by atoms with E-state index in [1.54, 1.807) is 0 Å². The Bertz CT molecular complexity index is 743. The Morgan fingerprint density at radius 3 is 2.19 bits per heavy atom. The molecule has 1 N–H and O–H groups in total. The highest BCUT2D eigenvalue weighted by atomic mass is 35.5. The molecule has 0 bridgehead atoms. The van der Waals surface area contributed by atoms with Crippen LogP contribution in [0.25, 0.3) is 0 Å². The van der Waals surface area contributed by atoms with Crippen LogP contribution in [-0.4, -0.2) is 20.0 Å². The number of Topliss-reactive ketones (excluding diaryl/α,β-unsaturated/α-hetero) is 1. The zero-order valence-corrected chi connectivity index (χ0v) is 12.3. The molecule has 0 saturated heterocycles. The molecule has 2 rings (SSSR count). The molecule has 21 heavy (non-hydrogen) atoms. The summed E-state index contributed by atoms with van der Waals surface area (Å²) in [5.74, 6) is -1.83. The fourth-order valence-electron chi connectivity index (χ4n) is 1.63. The molecule has 0 amide bonds. The average molecular weight is 328 g/mol. The number of sulfonamides is 1. The van der Waals surface area contributed by atoms with Gasteiger partial charge < -0.3 is 0 Å². The highest BCUT2D eigenvalue weighted by molar-refractivity contribution is 7.93. The van der Waals surface area contributed by atoms with Gasteiger partial charge in [0, 0.05) is 16.3 Å². The first-order valence-corrected chi connectivity index (χ1v) is 7.93. The van der Waals surface area contributed by atoms with Gasteiger partial charge in [-0.2, -0.15) is 0 Å². The van der Waals surface area contributed by atoms with Crippen LogP contribution in [0.4, 0.5) is 10.1 Å². The van der Waals surface area contributed by atoms with Gasteiger partial charge >= 0.3 is 0 Å². The van der Waals surface area contributed by atoms with Gasteiger partial charge in [0.15, 0.2) is 5.78 Å². The standard InChI is InChI=1S/C14H11ClFNO3S/c15-11-3-7-13(8-4-11)17-21(19,20)9-14(18)10-1-5-12(16)6-2-10/h1-8,17H,9H2. The second-order valence-electron chi connectivity index (χ2n) is 4.30. The number of nitrogens with one attached hydrogen (secondary N) is 1. The zero-order valence-electron chi connectivity index (χ0n) is 10.7. The van der Waals surface area contributed by atoms with Gasteiger partial charge in [-0.05, 0) is 48.5 Å². The predicted octanol–water partition coefficient (Wildman–Crippen LogP) is 3.10. The maximum absolute atomic E-state index is 12.8. The second kappa shape index (κ2) is 6.24. The van der Waals surface area contributed by atoms with Crippen LogP contribution in [0.5, 0.6) is 0 Å². The number of ketones is 1. The molecule has 2 aromatic carbocycles. The maximum Gasteiger partial charge on any atom is 0.240 e. The van der Waals surface area contributed by atoms with E-state index in [1.807, 2.05) is 0 Å². The number of rotatable bonds is 5. The number of benzene rings is 2. The average Bonchev–Trinajstić information content (AvgIpc) is 2.41. The van der Waals surface area contributed by atoms with Gasteiger partial charge in [0.25, 0.3) is 0 Å². The molecule has 0 aromatic heterocycles. The molecule has 0 aliphatic heterocycles. The summed E-state index contributed by atoms with van der Waals surface area (Å²) in [7, 11) is -3.84. The fourth-order valence-corrected chi connectivity index (χ4v) is 2.83. The van der Waals surface area contributed by atoms with Crippen molar-refractivity contribution in [1.82, 2.24) is 0 Å². The number of carbonyl (C=O) groups excluding carboxylic acids is 1. The van der Waals surface area contributed by atoms with Gasteiger partial charge in [0.05, 0.1) is 0 Å². The molecular formula is C14H11ClFNO3S. The normalized spacial score (nSPS) is 11.1. The van der Waals surface area contributed by atoms with E-state index in [0.717, 1.165) is 12.1 Å². The highest BCUT2D eigenvalue weighted by Crippen LogP contribution is 2.15. The van der Waals surface area contributed by atoms with Crippen molar-refractivity contribution in [2.45, 2.75) is 0 Å². The van der Waals surface area contributed by atoms with E-state index >= 15 is 0 Å².